The normalized spacial score (nSPS) is 35.2. The molecular weight excluding hydrogens is 564 g/mol. The molecule has 3 rings (SSSR count). The summed E-state index contributed by atoms with van der Waals surface area (Å²) in [6.07, 6.45) is 9.25. The second-order valence-electron chi connectivity index (χ2n) is 13.1. The Morgan fingerprint density at radius 1 is 1.27 bits per heavy atom. The van der Waals surface area contributed by atoms with Crippen molar-refractivity contribution < 1.29 is 38.7 Å². The Kier molecular flexibility index (Phi) is 13.9. The summed E-state index contributed by atoms with van der Waals surface area (Å²) < 4.78 is 23.7. The maximum absolute atomic E-state index is 13.1. The lowest BCUT2D eigenvalue weighted by Crippen LogP contribution is -2.50. The fourth-order valence-electron chi connectivity index (χ4n) is 6.02. The van der Waals surface area contributed by atoms with Gasteiger partial charge in [0, 0.05) is 45.1 Å². The SMILES string of the molecule is CCC(O)C(C)[C@H]1O[C@@H]1CC(C)/C=C/C=C(\C)[C@H]1OC(=O)C[C@H](O)CC[C@@](C)(OC)[C@@H](OC(=O)N2CCNCC2)/C=C/[C@@H]1C. The molecule has 10 heteroatoms. The molecule has 0 saturated carbocycles. The van der Waals surface area contributed by atoms with Crippen LogP contribution >= 0.6 is 0 Å². The van der Waals surface area contributed by atoms with Crippen LogP contribution in [-0.2, 0) is 23.7 Å². The summed E-state index contributed by atoms with van der Waals surface area (Å²) >= 11 is 0. The fraction of sp³-hybridized carbons (Fsp3) is 0.765. The smallest absolute Gasteiger partial charge is 0.410 e. The van der Waals surface area contributed by atoms with Crippen LogP contribution in [0.25, 0.3) is 0 Å². The summed E-state index contributed by atoms with van der Waals surface area (Å²) in [5, 5.41) is 24.0. The van der Waals surface area contributed by atoms with Crippen molar-refractivity contribution in [3.63, 3.8) is 0 Å². The topological polar surface area (TPSA) is 130 Å². The number of rotatable bonds is 10. The number of cyclic esters (lactones) is 1. The van der Waals surface area contributed by atoms with E-state index in [0.29, 0.717) is 32.6 Å². The Bertz CT molecular complexity index is 1020. The van der Waals surface area contributed by atoms with Gasteiger partial charge in [-0.15, -0.1) is 0 Å². The molecule has 0 aliphatic carbocycles. The second kappa shape index (κ2) is 16.9. The van der Waals surface area contributed by atoms with Crippen LogP contribution in [0.15, 0.2) is 36.0 Å². The summed E-state index contributed by atoms with van der Waals surface area (Å²) in [5.41, 5.74) is -0.0467. The number of methoxy groups -OCH3 is 1. The molecule has 3 aliphatic rings. The molecule has 3 heterocycles. The number of nitrogens with zero attached hydrogens (tertiary/aromatic N) is 1. The van der Waals surface area contributed by atoms with E-state index < -0.39 is 36.0 Å². The summed E-state index contributed by atoms with van der Waals surface area (Å²) in [4.78, 5) is 27.6. The van der Waals surface area contributed by atoms with E-state index in [-0.39, 0.29) is 48.9 Å². The van der Waals surface area contributed by atoms with Gasteiger partial charge >= 0.3 is 12.1 Å². The minimum Gasteiger partial charge on any atom is -0.457 e. The van der Waals surface area contributed by atoms with E-state index in [9.17, 15) is 19.8 Å². The van der Waals surface area contributed by atoms with Gasteiger partial charge in [0.2, 0.25) is 0 Å². The number of amides is 1. The first-order chi connectivity index (χ1) is 20.9. The van der Waals surface area contributed by atoms with Gasteiger partial charge in [0.25, 0.3) is 0 Å². The summed E-state index contributed by atoms with van der Waals surface area (Å²) in [6, 6.07) is 0. The molecule has 0 aromatic rings. The van der Waals surface area contributed by atoms with Crippen LogP contribution in [0.5, 0.6) is 0 Å². The number of carbonyl (C=O) groups is 2. The molecule has 44 heavy (non-hydrogen) atoms. The number of esters is 1. The minimum absolute atomic E-state index is 0.108. The number of epoxide rings is 1. The first-order valence-electron chi connectivity index (χ1n) is 16.3. The zero-order valence-corrected chi connectivity index (χ0v) is 27.7. The Labute approximate surface area is 263 Å². The lowest BCUT2D eigenvalue weighted by molar-refractivity contribution is -0.151. The van der Waals surface area contributed by atoms with Gasteiger partial charge in [0.15, 0.2) is 6.10 Å². The molecular formula is C34H56N2O8. The minimum atomic E-state index is -0.916. The highest BCUT2D eigenvalue weighted by Crippen LogP contribution is 2.36. The monoisotopic (exact) mass is 620 g/mol. The predicted molar refractivity (Wildman–Crippen MR) is 169 cm³/mol. The van der Waals surface area contributed by atoms with Crippen LogP contribution in [0.1, 0.15) is 73.6 Å². The molecule has 1 amide bonds. The van der Waals surface area contributed by atoms with Gasteiger partial charge in [0.05, 0.1) is 30.8 Å². The fourth-order valence-corrected chi connectivity index (χ4v) is 6.02. The lowest BCUT2D eigenvalue weighted by atomic mass is 9.88. The Morgan fingerprint density at radius 3 is 2.64 bits per heavy atom. The Balaban J connectivity index is 1.74. The van der Waals surface area contributed by atoms with E-state index in [4.69, 9.17) is 18.9 Å². The molecule has 0 bridgehead atoms. The highest BCUT2D eigenvalue weighted by atomic mass is 16.6. The average Bonchev–Trinajstić information content (AvgIpc) is 3.78. The second-order valence-corrected chi connectivity index (χ2v) is 13.1. The molecule has 0 spiro atoms. The largest absolute Gasteiger partial charge is 0.457 e. The lowest BCUT2D eigenvalue weighted by Gasteiger charge is -2.37. The van der Waals surface area contributed by atoms with Crippen LogP contribution in [0.2, 0.25) is 0 Å². The van der Waals surface area contributed by atoms with Gasteiger partial charge in [0.1, 0.15) is 11.7 Å². The number of allylic oxidation sites excluding steroid dienone is 3. The maximum atomic E-state index is 13.1. The number of hydrogen-bond acceptors (Lipinski definition) is 9. The number of carbonyl (C=O) groups excluding carboxylic acids is 2. The van der Waals surface area contributed by atoms with Crippen molar-refractivity contribution in [2.24, 2.45) is 17.8 Å². The highest BCUT2D eigenvalue weighted by Gasteiger charge is 2.45. The molecule has 3 N–H and O–H groups in total. The zero-order valence-electron chi connectivity index (χ0n) is 27.7. The van der Waals surface area contributed by atoms with E-state index in [1.807, 2.05) is 58.9 Å². The predicted octanol–water partition coefficient (Wildman–Crippen LogP) is 4.15. The molecule has 0 aromatic carbocycles. The average molecular weight is 621 g/mol. The molecule has 3 unspecified atom stereocenters. The quantitative estimate of drug-likeness (QED) is 0.143. The number of ether oxygens (including phenoxy) is 4. The van der Waals surface area contributed by atoms with Crippen LogP contribution in [-0.4, -0.2) is 103 Å². The van der Waals surface area contributed by atoms with Crippen molar-refractivity contribution in [3.8, 4) is 0 Å². The van der Waals surface area contributed by atoms with Gasteiger partial charge in [-0.3, -0.25) is 4.79 Å². The number of hydrogen-bond donors (Lipinski definition) is 3. The molecule has 10 nitrogen and oxygen atoms in total. The van der Waals surface area contributed by atoms with Crippen molar-refractivity contribution in [3.05, 3.63) is 36.0 Å². The third-order valence-corrected chi connectivity index (χ3v) is 9.39. The molecule has 250 valence electrons. The molecule has 0 aromatic heterocycles. The van der Waals surface area contributed by atoms with E-state index in [1.54, 1.807) is 12.0 Å². The van der Waals surface area contributed by atoms with E-state index in [1.165, 1.54) is 0 Å². The van der Waals surface area contributed by atoms with E-state index >= 15 is 0 Å². The van der Waals surface area contributed by atoms with E-state index in [2.05, 4.69) is 18.3 Å². The first kappa shape index (κ1) is 36.2. The molecule has 2 fully saturated rings. The van der Waals surface area contributed by atoms with Gasteiger partial charge in [-0.25, -0.2) is 4.79 Å². The molecule has 10 atom stereocenters. The Morgan fingerprint density at radius 2 is 1.98 bits per heavy atom. The van der Waals surface area contributed by atoms with Crippen molar-refractivity contribution in [1.82, 2.24) is 10.2 Å². The van der Waals surface area contributed by atoms with Gasteiger partial charge < -0.3 is 39.4 Å². The number of nitrogens with one attached hydrogen (secondary N) is 1. The van der Waals surface area contributed by atoms with Crippen molar-refractivity contribution in [2.45, 2.75) is 116 Å². The standard InChI is InChI=1S/C34H56N2O8/c1-8-27(38)25(5)32-28(42-32)20-22(2)10-9-11-23(3)31-24(4)12-13-29(43-33(40)36-18-16-35-17-19-36)34(6,41-7)15-14-26(37)21-30(39)44-31/h9-13,22,24-29,31-32,35,37-38H,8,14-21H2,1-7H3/b10-9+,13-12+,23-11+/t22?,24-,25?,26+,27?,28+,29-,31+,32+,34+/m0/s1. The molecule has 0 radical (unpaired) electrons. The summed E-state index contributed by atoms with van der Waals surface area (Å²) in [7, 11) is 1.57. The summed E-state index contributed by atoms with van der Waals surface area (Å²) in [5.74, 6) is -0.316. The van der Waals surface area contributed by atoms with Crippen LogP contribution in [0, 0.1) is 17.8 Å². The van der Waals surface area contributed by atoms with Gasteiger partial charge in [-0.1, -0.05) is 52.0 Å². The van der Waals surface area contributed by atoms with Crippen molar-refractivity contribution in [1.29, 1.82) is 0 Å². The first-order valence-corrected chi connectivity index (χ1v) is 16.3. The van der Waals surface area contributed by atoms with Gasteiger partial charge in [-0.05, 0) is 57.1 Å². The van der Waals surface area contributed by atoms with Crippen LogP contribution < -0.4 is 5.32 Å². The van der Waals surface area contributed by atoms with Crippen molar-refractivity contribution >= 4 is 12.1 Å². The number of piperazine rings is 1. The van der Waals surface area contributed by atoms with Gasteiger partial charge in [-0.2, -0.15) is 0 Å². The number of aliphatic hydroxyl groups is 2. The maximum Gasteiger partial charge on any atom is 0.410 e. The third kappa shape index (κ3) is 10.4. The molecule has 2 saturated heterocycles. The highest BCUT2D eigenvalue weighted by molar-refractivity contribution is 5.70. The van der Waals surface area contributed by atoms with Crippen molar-refractivity contribution in [2.75, 3.05) is 33.3 Å². The zero-order chi connectivity index (χ0) is 32.4. The Hall–Kier alpha value is -2.24. The van der Waals surface area contributed by atoms with Crippen LogP contribution in [0.4, 0.5) is 4.79 Å². The third-order valence-electron chi connectivity index (χ3n) is 9.39. The summed E-state index contributed by atoms with van der Waals surface area (Å²) in [6.45, 7) is 14.5. The number of aliphatic hydroxyl groups excluding tert-OH is 2. The molecule has 3 aliphatic heterocycles. The van der Waals surface area contributed by atoms with Crippen LogP contribution in [0.3, 0.4) is 0 Å². The van der Waals surface area contributed by atoms with E-state index in [0.717, 1.165) is 18.4 Å².